The molecule has 0 aliphatic carbocycles. The van der Waals surface area contributed by atoms with E-state index in [1.165, 1.54) is 32.5 Å². The third kappa shape index (κ3) is 5.96. The predicted octanol–water partition coefficient (Wildman–Crippen LogP) is 2.18. The number of hydrogen-bond acceptors (Lipinski definition) is 3. The van der Waals surface area contributed by atoms with Crippen LogP contribution in [0, 0.1) is 5.92 Å². The lowest BCUT2D eigenvalue weighted by Crippen LogP contribution is -2.47. The summed E-state index contributed by atoms with van der Waals surface area (Å²) in [6.45, 7) is 15.0. The summed E-state index contributed by atoms with van der Waals surface area (Å²) in [5.41, 5.74) is 0. The van der Waals surface area contributed by atoms with Gasteiger partial charge in [0, 0.05) is 39.3 Å². The molecule has 2 aliphatic heterocycles. The maximum atomic E-state index is 5.76. The van der Waals surface area contributed by atoms with E-state index in [9.17, 15) is 0 Å². The summed E-state index contributed by atoms with van der Waals surface area (Å²) in [7, 11) is 0. The number of nitrogens with zero attached hydrogens (tertiary/aromatic N) is 3. The van der Waals surface area contributed by atoms with E-state index in [1.54, 1.807) is 0 Å². The van der Waals surface area contributed by atoms with Crippen LogP contribution in [-0.2, 0) is 4.74 Å². The van der Waals surface area contributed by atoms with Gasteiger partial charge < -0.3 is 19.9 Å². The maximum Gasteiger partial charge on any atom is 0.193 e. The van der Waals surface area contributed by atoms with E-state index < -0.39 is 0 Å². The van der Waals surface area contributed by atoms with Crippen LogP contribution in [0.4, 0.5) is 0 Å². The van der Waals surface area contributed by atoms with E-state index in [1.807, 2.05) is 0 Å². The average molecular weight is 325 g/mol. The third-order valence-electron chi connectivity index (χ3n) is 5.03. The van der Waals surface area contributed by atoms with Gasteiger partial charge in [0.2, 0.25) is 0 Å². The van der Waals surface area contributed by atoms with Crippen molar-refractivity contribution in [1.82, 2.24) is 15.1 Å². The summed E-state index contributed by atoms with van der Waals surface area (Å²) < 4.78 is 5.76. The Morgan fingerprint density at radius 3 is 2.57 bits per heavy atom. The Morgan fingerprint density at radius 2 is 1.91 bits per heavy atom. The lowest BCUT2D eigenvalue weighted by molar-refractivity contribution is 0.0263. The fourth-order valence-corrected chi connectivity index (χ4v) is 3.70. The molecule has 5 heteroatoms. The summed E-state index contributed by atoms with van der Waals surface area (Å²) in [6.07, 6.45) is 5.32. The molecular weight excluding hydrogens is 288 g/mol. The van der Waals surface area contributed by atoms with Gasteiger partial charge in [-0.3, -0.25) is 4.99 Å². The number of piperidine rings is 2. The molecule has 0 saturated carbocycles. The van der Waals surface area contributed by atoms with Gasteiger partial charge in [-0.05, 0) is 58.5 Å². The molecule has 0 bridgehead atoms. The molecule has 1 atom stereocenters. The van der Waals surface area contributed by atoms with Crippen LogP contribution in [-0.4, -0.2) is 74.3 Å². The number of aliphatic imine (C=N–C) groups is 1. The van der Waals surface area contributed by atoms with Crippen molar-refractivity contribution in [3.8, 4) is 0 Å². The number of ether oxygens (including phenoxy) is 1. The second-order valence-electron chi connectivity index (χ2n) is 6.74. The monoisotopic (exact) mass is 324 g/mol. The van der Waals surface area contributed by atoms with Crippen LogP contribution in [0.3, 0.4) is 0 Å². The molecule has 2 fully saturated rings. The molecule has 2 saturated heterocycles. The second kappa shape index (κ2) is 10.1. The Hall–Kier alpha value is -0.810. The van der Waals surface area contributed by atoms with Crippen molar-refractivity contribution in [2.75, 3.05) is 52.4 Å². The molecule has 1 N–H and O–H groups in total. The molecule has 134 valence electrons. The van der Waals surface area contributed by atoms with Gasteiger partial charge in [-0.1, -0.05) is 6.92 Å². The summed E-state index contributed by atoms with van der Waals surface area (Å²) in [6, 6.07) is 0. The Balaban J connectivity index is 1.85. The molecule has 5 nitrogen and oxygen atoms in total. The molecule has 0 aromatic carbocycles. The van der Waals surface area contributed by atoms with Crippen LogP contribution in [0.5, 0.6) is 0 Å². The van der Waals surface area contributed by atoms with E-state index in [-0.39, 0.29) is 0 Å². The third-order valence-corrected chi connectivity index (χ3v) is 5.03. The molecule has 2 rings (SSSR count). The summed E-state index contributed by atoms with van der Waals surface area (Å²) in [5, 5.41) is 3.49. The molecule has 2 aliphatic rings. The summed E-state index contributed by atoms with van der Waals surface area (Å²) in [4.78, 5) is 9.94. The molecule has 23 heavy (non-hydrogen) atoms. The highest BCUT2D eigenvalue weighted by Crippen LogP contribution is 2.17. The summed E-state index contributed by atoms with van der Waals surface area (Å²) >= 11 is 0. The Kier molecular flexibility index (Phi) is 8.17. The van der Waals surface area contributed by atoms with Crippen molar-refractivity contribution in [2.24, 2.45) is 10.9 Å². The highest BCUT2D eigenvalue weighted by molar-refractivity contribution is 5.80. The van der Waals surface area contributed by atoms with Crippen LogP contribution in [0.2, 0.25) is 0 Å². The van der Waals surface area contributed by atoms with Crippen LogP contribution in [0.25, 0.3) is 0 Å². The first-order valence-corrected chi connectivity index (χ1v) is 9.64. The Morgan fingerprint density at radius 1 is 1.13 bits per heavy atom. The minimum Gasteiger partial charge on any atom is -0.378 e. The van der Waals surface area contributed by atoms with E-state index in [4.69, 9.17) is 9.73 Å². The first kappa shape index (κ1) is 18.5. The van der Waals surface area contributed by atoms with Crippen molar-refractivity contribution >= 4 is 5.96 Å². The van der Waals surface area contributed by atoms with E-state index in [0.29, 0.717) is 6.10 Å². The second-order valence-corrected chi connectivity index (χ2v) is 6.74. The molecule has 0 spiro atoms. The van der Waals surface area contributed by atoms with Crippen LogP contribution >= 0.6 is 0 Å². The predicted molar refractivity (Wildman–Crippen MR) is 97.0 cm³/mol. The normalized spacial score (nSPS) is 24.9. The molecule has 1 unspecified atom stereocenters. The van der Waals surface area contributed by atoms with Gasteiger partial charge in [-0.2, -0.15) is 0 Å². The molecular formula is C18H36N4O. The van der Waals surface area contributed by atoms with Gasteiger partial charge in [0.15, 0.2) is 5.96 Å². The SMILES string of the molecule is CCNC(=NCC1CCCN(CC)C1)N1CCC(OCC)CC1. The van der Waals surface area contributed by atoms with Gasteiger partial charge in [0.05, 0.1) is 6.10 Å². The zero-order chi connectivity index (χ0) is 16.5. The van der Waals surface area contributed by atoms with Crippen LogP contribution in [0.1, 0.15) is 46.5 Å². The maximum absolute atomic E-state index is 5.76. The van der Waals surface area contributed by atoms with Crippen molar-refractivity contribution in [1.29, 1.82) is 0 Å². The molecule has 0 amide bonds. The number of rotatable bonds is 6. The lowest BCUT2D eigenvalue weighted by Gasteiger charge is -2.35. The van der Waals surface area contributed by atoms with E-state index >= 15 is 0 Å². The number of hydrogen-bond donors (Lipinski definition) is 1. The zero-order valence-electron chi connectivity index (χ0n) is 15.4. The van der Waals surface area contributed by atoms with Gasteiger partial charge >= 0.3 is 0 Å². The van der Waals surface area contributed by atoms with Crippen molar-refractivity contribution in [3.63, 3.8) is 0 Å². The van der Waals surface area contributed by atoms with Crippen LogP contribution < -0.4 is 5.32 Å². The highest BCUT2D eigenvalue weighted by Gasteiger charge is 2.23. The van der Waals surface area contributed by atoms with E-state index in [2.05, 4.69) is 35.9 Å². The molecule has 0 aromatic heterocycles. The Labute approximate surface area is 142 Å². The van der Waals surface area contributed by atoms with Crippen molar-refractivity contribution in [2.45, 2.75) is 52.6 Å². The topological polar surface area (TPSA) is 40.1 Å². The average Bonchev–Trinajstić information content (AvgIpc) is 2.60. The minimum absolute atomic E-state index is 0.440. The largest absolute Gasteiger partial charge is 0.378 e. The lowest BCUT2D eigenvalue weighted by atomic mass is 9.98. The van der Waals surface area contributed by atoms with Crippen LogP contribution in [0.15, 0.2) is 4.99 Å². The van der Waals surface area contributed by atoms with E-state index in [0.717, 1.165) is 57.5 Å². The van der Waals surface area contributed by atoms with Gasteiger partial charge in [-0.25, -0.2) is 0 Å². The number of nitrogens with one attached hydrogen (secondary N) is 1. The van der Waals surface area contributed by atoms with Gasteiger partial charge in [-0.15, -0.1) is 0 Å². The van der Waals surface area contributed by atoms with Gasteiger partial charge in [0.1, 0.15) is 0 Å². The molecule has 0 radical (unpaired) electrons. The fraction of sp³-hybridized carbons (Fsp3) is 0.944. The minimum atomic E-state index is 0.440. The number of guanidine groups is 1. The first-order valence-electron chi connectivity index (χ1n) is 9.64. The number of likely N-dealkylation sites (tertiary alicyclic amines) is 2. The zero-order valence-corrected chi connectivity index (χ0v) is 15.4. The van der Waals surface area contributed by atoms with Gasteiger partial charge in [0.25, 0.3) is 0 Å². The smallest absolute Gasteiger partial charge is 0.193 e. The van der Waals surface area contributed by atoms with Crippen molar-refractivity contribution in [3.05, 3.63) is 0 Å². The highest BCUT2D eigenvalue weighted by atomic mass is 16.5. The Bertz CT molecular complexity index is 353. The fourth-order valence-electron chi connectivity index (χ4n) is 3.70. The molecule has 0 aromatic rings. The first-order chi connectivity index (χ1) is 11.3. The summed E-state index contributed by atoms with van der Waals surface area (Å²) in [5.74, 6) is 1.83. The van der Waals surface area contributed by atoms with Crippen molar-refractivity contribution < 1.29 is 4.74 Å². The quantitative estimate of drug-likeness (QED) is 0.600. The standard InChI is InChI=1S/C18H36N4O/c1-4-19-18(22-12-9-17(10-13-22)23-6-3)20-14-16-8-7-11-21(5-2)15-16/h16-17H,4-15H2,1-3H3,(H,19,20). The molecule has 2 heterocycles.